The van der Waals surface area contributed by atoms with E-state index in [2.05, 4.69) is 5.32 Å². The van der Waals surface area contributed by atoms with Crippen LogP contribution in [0.1, 0.15) is 39.0 Å². The summed E-state index contributed by atoms with van der Waals surface area (Å²) < 4.78 is 26.2. The molecule has 2 N–H and O–H groups in total. The van der Waals surface area contributed by atoms with Crippen LogP contribution in [0.25, 0.3) is 0 Å². The molecule has 2 heterocycles. The van der Waals surface area contributed by atoms with E-state index in [1.54, 1.807) is 6.92 Å². The molecule has 3 fully saturated rings. The first-order valence-electron chi connectivity index (χ1n) is 8.50. The molecule has 2 atom stereocenters. The average Bonchev–Trinajstić information content (AvgIpc) is 3.31. The van der Waals surface area contributed by atoms with Gasteiger partial charge in [0.05, 0.1) is 10.7 Å². The van der Waals surface area contributed by atoms with Gasteiger partial charge in [-0.2, -0.15) is 4.31 Å². The Kier molecular flexibility index (Phi) is 4.50. The zero-order valence-electron chi connectivity index (χ0n) is 13.9. The van der Waals surface area contributed by atoms with Crippen LogP contribution in [0.4, 0.5) is 4.79 Å². The van der Waals surface area contributed by atoms with E-state index in [9.17, 15) is 23.1 Å². The molecule has 2 amide bonds. The molecular weight excluding hydrogens is 334 g/mol. The summed E-state index contributed by atoms with van der Waals surface area (Å²) in [7, 11) is -3.22. The molecule has 3 rings (SSSR count). The van der Waals surface area contributed by atoms with Crippen LogP contribution in [0.15, 0.2) is 0 Å². The van der Waals surface area contributed by atoms with Crippen LogP contribution in [0.2, 0.25) is 0 Å². The zero-order chi connectivity index (χ0) is 17.5. The standard InChI is InChI=1S/C15H25N3O5S/c1-15(13(19)20)6-8-17(10-15)14(21)16-11-3-2-7-18(9-11)24(22,23)12-4-5-12/h11-12H,2-10H2,1H3,(H,16,21)(H,19,20)/t11-,15?/m1/s1. The largest absolute Gasteiger partial charge is 0.481 e. The van der Waals surface area contributed by atoms with Gasteiger partial charge in [-0.25, -0.2) is 13.2 Å². The monoisotopic (exact) mass is 359 g/mol. The van der Waals surface area contributed by atoms with Gasteiger partial charge < -0.3 is 15.3 Å². The molecule has 1 saturated carbocycles. The molecular formula is C15H25N3O5S. The smallest absolute Gasteiger partial charge is 0.317 e. The van der Waals surface area contributed by atoms with Crippen molar-refractivity contribution < 1.29 is 23.1 Å². The van der Waals surface area contributed by atoms with Gasteiger partial charge in [0.15, 0.2) is 0 Å². The number of sulfonamides is 1. The molecule has 1 unspecified atom stereocenters. The molecule has 3 aliphatic rings. The minimum atomic E-state index is -3.22. The van der Waals surface area contributed by atoms with Crippen LogP contribution >= 0.6 is 0 Å². The highest BCUT2D eigenvalue weighted by Crippen LogP contribution is 2.33. The van der Waals surface area contributed by atoms with E-state index in [-0.39, 0.29) is 23.9 Å². The van der Waals surface area contributed by atoms with E-state index >= 15 is 0 Å². The fourth-order valence-corrected chi connectivity index (χ4v) is 5.37. The number of hydrogen-bond donors (Lipinski definition) is 2. The number of piperidine rings is 1. The Balaban J connectivity index is 1.56. The van der Waals surface area contributed by atoms with Gasteiger partial charge in [0, 0.05) is 32.2 Å². The summed E-state index contributed by atoms with van der Waals surface area (Å²) in [6.07, 6.45) is 3.37. The van der Waals surface area contributed by atoms with Crippen molar-refractivity contribution in [3.05, 3.63) is 0 Å². The fraction of sp³-hybridized carbons (Fsp3) is 0.867. The lowest BCUT2D eigenvalue weighted by Crippen LogP contribution is -2.53. The molecule has 0 aromatic rings. The highest BCUT2D eigenvalue weighted by atomic mass is 32.2. The number of urea groups is 1. The summed E-state index contributed by atoms with van der Waals surface area (Å²) in [4.78, 5) is 25.2. The lowest BCUT2D eigenvalue weighted by molar-refractivity contribution is -0.147. The molecule has 0 aromatic heterocycles. The third-order valence-corrected chi connectivity index (χ3v) is 7.66. The Morgan fingerprint density at radius 1 is 1.21 bits per heavy atom. The molecule has 8 nitrogen and oxygen atoms in total. The van der Waals surface area contributed by atoms with Crippen LogP contribution in [0.3, 0.4) is 0 Å². The maximum Gasteiger partial charge on any atom is 0.317 e. The summed E-state index contributed by atoms with van der Waals surface area (Å²) >= 11 is 0. The number of nitrogens with one attached hydrogen (secondary N) is 1. The number of likely N-dealkylation sites (tertiary alicyclic amines) is 1. The van der Waals surface area contributed by atoms with Crippen LogP contribution in [0.5, 0.6) is 0 Å². The van der Waals surface area contributed by atoms with Crippen molar-refractivity contribution in [2.24, 2.45) is 5.41 Å². The first-order chi connectivity index (χ1) is 11.2. The second kappa shape index (κ2) is 6.18. The number of hydrogen-bond acceptors (Lipinski definition) is 4. The van der Waals surface area contributed by atoms with E-state index in [0.717, 1.165) is 25.7 Å². The van der Waals surface area contributed by atoms with E-state index in [1.165, 1.54) is 9.21 Å². The predicted molar refractivity (Wildman–Crippen MR) is 87.0 cm³/mol. The summed E-state index contributed by atoms with van der Waals surface area (Å²) in [5.41, 5.74) is -0.898. The minimum Gasteiger partial charge on any atom is -0.481 e. The van der Waals surface area contributed by atoms with Crippen molar-refractivity contribution in [3.8, 4) is 0 Å². The van der Waals surface area contributed by atoms with Crippen LogP contribution in [-0.2, 0) is 14.8 Å². The van der Waals surface area contributed by atoms with Gasteiger partial charge in [-0.3, -0.25) is 4.79 Å². The molecule has 136 valence electrons. The second-order valence-corrected chi connectivity index (χ2v) is 9.64. The maximum absolute atomic E-state index is 12.4. The van der Waals surface area contributed by atoms with E-state index in [1.807, 2.05) is 0 Å². The molecule has 2 saturated heterocycles. The molecule has 9 heteroatoms. The molecule has 0 bridgehead atoms. The highest BCUT2D eigenvalue weighted by molar-refractivity contribution is 7.90. The normalized spacial score (nSPS) is 31.9. The van der Waals surface area contributed by atoms with Crippen molar-refractivity contribution in [2.45, 2.75) is 50.3 Å². The molecule has 24 heavy (non-hydrogen) atoms. The van der Waals surface area contributed by atoms with Gasteiger partial charge in [0.25, 0.3) is 0 Å². The number of rotatable bonds is 4. The Hall–Kier alpha value is -1.35. The first kappa shape index (κ1) is 17.5. The van der Waals surface area contributed by atoms with Crippen molar-refractivity contribution in [1.29, 1.82) is 0 Å². The number of carboxylic acid groups (broad SMARTS) is 1. The fourth-order valence-electron chi connectivity index (χ4n) is 3.44. The van der Waals surface area contributed by atoms with Gasteiger partial charge in [-0.1, -0.05) is 0 Å². The third-order valence-electron chi connectivity index (χ3n) is 5.29. The zero-order valence-corrected chi connectivity index (χ0v) is 14.7. The summed E-state index contributed by atoms with van der Waals surface area (Å²) in [5.74, 6) is -0.892. The van der Waals surface area contributed by atoms with Crippen LogP contribution in [-0.4, -0.2) is 72.2 Å². The van der Waals surface area contributed by atoms with Crippen LogP contribution < -0.4 is 5.32 Å². The summed E-state index contributed by atoms with van der Waals surface area (Å²) in [6, 6.07) is -0.507. The van der Waals surface area contributed by atoms with E-state index in [4.69, 9.17) is 0 Å². The summed E-state index contributed by atoms with van der Waals surface area (Å²) in [6.45, 7) is 3.07. The van der Waals surface area contributed by atoms with Crippen molar-refractivity contribution in [3.63, 3.8) is 0 Å². The van der Waals surface area contributed by atoms with E-state index in [0.29, 0.717) is 26.1 Å². The van der Waals surface area contributed by atoms with Gasteiger partial charge in [-0.05, 0) is 39.0 Å². The Morgan fingerprint density at radius 2 is 1.92 bits per heavy atom. The third kappa shape index (κ3) is 3.37. The van der Waals surface area contributed by atoms with Crippen molar-refractivity contribution in [2.75, 3.05) is 26.2 Å². The van der Waals surface area contributed by atoms with Crippen LogP contribution in [0, 0.1) is 5.41 Å². The molecule has 0 radical (unpaired) electrons. The highest BCUT2D eigenvalue weighted by Gasteiger charge is 2.44. The number of carboxylic acids is 1. The first-order valence-corrected chi connectivity index (χ1v) is 10.0. The molecule has 0 aromatic carbocycles. The summed E-state index contributed by atoms with van der Waals surface area (Å²) in [5, 5.41) is 11.9. The number of nitrogens with zero attached hydrogens (tertiary/aromatic N) is 2. The van der Waals surface area contributed by atoms with Gasteiger partial charge in [0.2, 0.25) is 10.0 Å². The molecule has 2 aliphatic heterocycles. The average molecular weight is 359 g/mol. The minimum absolute atomic E-state index is 0.185. The Bertz CT molecular complexity index is 633. The lowest BCUT2D eigenvalue weighted by Gasteiger charge is -2.33. The number of amides is 2. The predicted octanol–water partition coefficient (Wildman–Crippen LogP) is 0.449. The van der Waals surface area contributed by atoms with Crippen molar-refractivity contribution in [1.82, 2.24) is 14.5 Å². The topological polar surface area (TPSA) is 107 Å². The molecule has 0 spiro atoms. The van der Waals surface area contributed by atoms with Crippen molar-refractivity contribution >= 4 is 22.0 Å². The SMILES string of the molecule is CC1(C(=O)O)CCN(C(=O)N[C@@H]2CCCN(S(=O)(=O)C3CC3)C2)C1. The quantitative estimate of drug-likeness (QED) is 0.758. The van der Waals surface area contributed by atoms with Gasteiger partial charge in [0.1, 0.15) is 0 Å². The Morgan fingerprint density at radius 3 is 2.50 bits per heavy atom. The molecule has 1 aliphatic carbocycles. The Labute approximate surface area is 142 Å². The maximum atomic E-state index is 12.4. The second-order valence-electron chi connectivity index (χ2n) is 7.43. The van der Waals surface area contributed by atoms with Gasteiger partial charge >= 0.3 is 12.0 Å². The lowest BCUT2D eigenvalue weighted by atomic mass is 9.90. The number of carbonyl (C=O) groups is 2. The number of carbonyl (C=O) groups excluding carboxylic acids is 1. The van der Waals surface area contributed by atoms with E-state index < -0.39 is 21.4 Å². The number of aliphatic carboxylic acids is 1. The van der Waals surface area contributed by atoms with Gasteiger partial charge in [-0.15, -0.1) is 0 Å².